The summed E-state index contributed by atoms with van der Waals surface area (Å²) in [5.41, 5.74) is -1.57. The van der Waals surface area contributed by atoms with Crippen molar-refractivity contribution in [1.82, 2.24) is 0 Å². The van der Waals surface area contributed by atoms with Gasteiger partial charge in [-0.15, -0.1) is 0 Å². The maximum atomic E-state index is 12.6. The molecule has 0 amide bonds. The van der Waals surface area contributed by atoms with E-state index in [2.05, 4.69) is 0 Å². The smallest absolute Gasteiger partial charge is 0.317 e. The Hall–Kier alpha value is -5.52. The molecular formula is C31H38N2O21. The van der Waals surface area contributed by atoms with Crippen LogP contribution >= 0.6 is 0 Å². The van der Waals surface area contributed by atoms with Gasteiger partial charge < -0.3 is 52.1 Å². The van der Waals surface area contributed by atoms with Gasteiger partial charge >= 0.3 is 41.5 Å². The minimum absolute atomic E-state index is 0.510. The van der Waals surface area contributed by atoms with Crippen LogP contribution in [-0.4, -0.2) is 127 Å². The molecule has 2 aliphatic heterocycles. The summed E-state index contributed by atoms with van der Waals surface area (Å²) in [7, 11) is 1.21. The first-order valence-corrected chi connectivity index (χ1v) is 15.9. The summed E-state index contributed by atoms with van der Waals surface area (Å²) in [5, 5.41) is 23.2. The van der Waals surface area contributed by atoms with Crippen molar-refractivity contribution in [3.8, 4) is 5.75 Å². The van der Waals surface area contributed by atoms with Crippen molar-refractivity contribution in [1.29, 1.82) is 0 Å². The summed E-state index contributed by atoms with van der Waals surface area (Å²) >= 11 is 0. The molecule has 1 aromatic carbocycles. The molecule has 298 valence electrons. The zero-order valence-corrected chi connectivity index (χ0v) is 29.9. The van der Waals surface area contributed by atoms with Gasteiger partial charge in [0.25, 0.3) is 5.69 Å². The SMILES string of the molecule is CO[C@H]1[C@H](OC(C)=O)[C@@H](OC(C)=O)[C@@H](O[C@H]2[C@H](OC(C)=O)[C@@H](OC(C)=O)[C@@H](Oc3ccc([N+](=O)[O-])cc3[N+](=O)[O-])O[C@@H]2COC(C)=O)O[C@@H]1COC(C)=O. The van der Waals surface area contributed by atoms with Crippen molar-refractivity contribution in [2.24, 2.45) is 0 Å². The van der Waals surface area contributed by atoms with Crippen LogP contribution in [0, 0.1) is 20.2 Å². The van der Waals surface area contributed by atoms with Crippen molar-refractivity contribution in [2.75, 3.05) is 20.3 Å². The monoisotopic (exact) mass is 774 g/mol. The Labute approximate surface area is 305 Å². The number of ether oxygens (including phenoxy) is 11. The van der Waals surface area contributed by atoms with Gasteiger partial charge in [-0.2, -0.15) is 0 Å². The van der Waals surface area contributed by atoms with Crippen molar-refractivity contribution < 1.29 is 90.7 Å². The second-order valence-electron chi connectivity index (χ2n) is 11.6. The summed E-state index contributed by atoms with van der Waals surface area (Å²) in [4.78, 5) is 94.6. The number of carbonyl (C=O) groups is 6. The van der Waals surface area contributed by atoms with Crippen LogP contribution in [0.4, 0.5) is 11.4 Å². The van der Waals surface area contributed by atoms with Crippen LogP contribution in [0.1, 0.15) is 41.5 Å². The third kappa shape index (κ3) is 11.5. The average Bonchev–Trinajstić information content (AvgIpc) is 3.05. The van der Waals surface area contributed by atoms with Gasteiger partial charge in [-0.25, -0.2) is 0 Å². The summed E-state index contributed by atoms with van der Waals surface area (Å²) in [6, 6.07) is 2.35. The molecule has 0 unspecified atom stereocenters. The number of nitrogens with zero attached hydrogens (tertiary/aromatic N) is 2. The first kappa shape index (κ1) is 42.9. The lowest BCUT2D eigenvalue weighted by molar-refractivity contribution is -0.395. The second-order valence-corrected chi connectivity index (χ2v) is 11.6. The number of carbonyl (C=O) groups excluding carboxylic acids is 6. The maximum Gasteiger partial charge on any atom is 0.317 e. The van der Waals surface area contributed by atoms with Crippen molar-refractivity contribution >= 4 is 47.2 Å². The van der Waals surface area contributed by atoms with E-state index in [-0.39, 0.29) is 0 Å². The van der Waals surface area contributed by atoms with Gasteiger partial charge in [0.05, 0.1) is 15.9 Å². The summed E-state index contributed by atoms with van der Waals surface area (Å²) < 4.78 is 61.7. The zero-order chi connectivity index (χ0) is 40.4. The molecule has 0 aromatic heterocycles. The van der Waals surface area contributed by atoms with E-state index < -0.39 is 137 Å². The largest absolute Gasteiger partial charge is 0.463 e. The number of rotatable bonds is 15. The highest BCUT2D eigenvalue weighted by Crippen LogP contribution is 2.38. The molecule has 0 bridgehead atoms. The minimum atomic E-state index is -1.93. The zero-order valence-electron chi connectivity index (χ0n) is 29.9. The molecule has 2 saturated heterocycles. The van der Waals surface area contributed by atoms with E-state index in [1.54, 1.807) is 0 Å². The number of nitro groups is 2. The van der Waals surface area contributed by atoms with Crippen LogP contribution in [0.5, 0.6) is 5.75 Å². The lowest BCUT2D eigenvalue weighted by Gasteiger charge is -2.48. The van der Waals surface area contributed by atoms with E-state index in [0.717, 1.165) is 53.7 Å². The molecule has 54 heavy (non-hydrogen) atoms. The summed E-state index contributed by atoms with van der Waals surface area (Å²) in [6.07, 6.45) is -16.5. The Bertz CT molecular complexity index is 1600. The Morgan fingerprint density at radius 2 is 1.06 bits per heavy atom. The summed E-state index contributed by atoms with van der Waals surface area (Å²) in [5.74, 6) is -6.02. The van der Waals surface area contributed by atoms with Gasteiger partial charge in [0.1, 0.15) is 37.6 Å². The molecule has 0 spiro atoms. The van der Waals surface area contributed by atoms with Crippen LogP contribution in [0.3, 0.4) is 0 Å². The molecule has 10 atom stereocenters. The Kier molecular flexibility index (Phi) is 15.1. The van der Waals surface area contributed by atoms with Crippen LogP contribution in [-0.2, 0) is 76.1 Å². The molecule has 1 aromatic rings. The van der Waals surface area contributed by atoms with Crippen LogP contribution in [0.2, 0.25) is 0 Å². The number of benzene rings is 1. The highest BCUT2D eigenvalue weighted by molar-refractivity contribution is 5.68. The molecule has 23 nitrogen and oxygen atoms in total. The molecule has 23 heteroatoms. The van der Waals surface area contributed by atoms with Gasteiger partial charge in [-0.3, -0.25) is 49.0 Å². The third-order valence-corrected chi connectivity index (χ3v) is 7.45. The molecular weight excluding hydrogens is 736 g/mol. The number of nitro benzene ring substituents is 2. The topological polar surface area (TPSA) is 290 Å². The van der Waals surface area contributed by atoms with Gasteiger partial charge in [0, 0.05) is 54.7 Å². The third-order valence-electron chi connectivity index (χ3n) is 7.45. The number of non-ortho nitro benzene ring substituents is 1. The van der Waals surface area contributed by atoms with Gasteiger partial charge in [-0.05, 0) is 6.07 Å². The quantitative estimate of drug-likeness (QED) is 0.102. The van der Waals surface area contributed by atoms with Crippen LogP contribution < -0.4 is 4.74 Å². The molecule has 2 fully saturated rings. The fourth-order valence-electron chi connectivity index (χ4n) is 5.51. The first-order valence-electron chi connectivity index (χ1n) is 15.9. The van der Waals surface area contributed by atoms with Crippen molar-refractivity contribution in [2.45, 2.75) is 103 Å². The minimum Gasteiger partial charge on any atom is -0.463 e. The van der Waals surface area contributed by atoms with Gasteiger partial charge in [-0.1, -0.05) is 0 Å². The molecule has 0 radical (unpaired) electrons. The van der Waals surface area contributed by atoms with E-state index in [1.807, 2.05) is 0 Å². The highest BCUT2D eigenvalue weighted by Gasteiger charge is 2.57. The molecule has 0 saturated carbocycles. The lowest BCUT2D eigenvalue weighted by Crippen LogP contribution is -2.67. The average molecular weight is 775 g/mol. The number of methoxy groups -OCH3 is 1. The predicted octanol–water partition coefficient (Wildman–Crippen LogP) is 0.585. The summed E-state index contributed by atoms with van der Waals surface area (Å²) in [6.45, 7) is 4.88. The molecule has 2 heterocycles. The predicted molar refractivity (Wildman–Crippen MR) is 169 cm³/mol. The standard InChI is InChI=1S/C31H38N2O21/c1-13(34)45-11-22-24(44-7)26(47-15(3)36)28(49-17(5)38)31(52-22)54-25-23(12-46-14(2)35)53-30(29(50-18(6)39)27(25)48-16(4)37)51-21-9-8-19(32(40)41)10-20(21)33(42)43/h8-10,22-31H,11-12H2,1-7H3/t22-,23-,24-,25-,26+,27+,28-,29-,30+,31-/m1/s1. The number of hydrogen-bond acceptors (Lipinski definition) is 21. The number of esters is 6. The Morgan fingerprint density at radius 1 is 0.611 bits per heavy atom. The van der Waals surface area contributed by atoms with Crippen LogP contribution in [0.15, 0.2) is 18.2 Å². The van der Waals surface area contributed by atoms with Gasteiger partial charge in [0.15, 0.2) is 24.6 Å². The maximum absolute atomic E-state index is 12.6. The first-order chi connectivity index (χ1) is 25.3. The van der Waals surface area contributed by atoms with E-state index >= 15 is 0 Å². The second kappa shape index (κ2) is 19.0. The molecule has 3 rings (SSSR count). The normalized spacial score (nSPS) is 27.7. The molecule has 0 aliphatic carbocycles. The highest BCUT2D eigenvalue weighted by atomic mass is 16.8. The Balaban J connectivity index is 2.20. The van der Waals surface area contributed by atoms with Gasteiger partial charge in [0.2, 0.25) is 18.1 Å². The van der Waals surface area contributed by atoms with E-state index in [4.69, 9.17) is 52.1 Å². The van der Waals surface area contributed by atoms with E-state index in [1.165, 1.54) is 7.11 Å². The molecule has 2 aliphatic rings. The van der Waals surface area contributed by atoms with Crippen molar-refractivity contribution in [3.63, 3.8) is 0 Å². The number of hydrogen-bond donors (Lipinski definition) is 0. The van der Waals surface area contributed by atoms with E-state index in [0.29, 0.717) is 6.07 Å². The van der Waals surface area contributed by atoms with Crippen molar-refractivity contribution in [3.05, 3.63) is 38.4 Å². The van der Waals surface area contributed by atoms with Crippen LogP contribution in [0.25, 0.3) is 0 Å². The fourth-order valence-corrected chi connectivity index (χ4v) is 5.51. The molecule has 0 N–H and O–H groups in total. The van der Waals surface area contributed by atoms with E-state index in [9.17, 15) is 49.0 Å². The lowest BCUT2D eigenvalue weighted by atomic mass is 9.96. The Morgan fingerprint density at radius 3 is 1.50 bits per heavy atom. The fraction of sp³-hybridized carbons (Fsp3) is 0.613.